The third kappa shape index (κ3) is 3.02. The van der Waals surface area contributed by atoms with Crippen LogP contribution in [0.3, 0.4) is 0 Å². The molecule has 0 spiro atoms. The molecule has 1 fully saturated rings. The first-order valence-electron chi connectivity index (χ1n) is 7.64. The summed E-state index contributed by atoms with van der Waals surface area (Å²) in [5.41, 5.74) is 3.84. The topological polar surface area (TPSA) is 60.2 Å². The fourth-order valence-electron chi connectivity index (χ4n) is 3.06. The first-order chi connectivity index (χ1) is 10.4. The van der Waals surface area contributed by atoms with Gasteiger partial charge in [0.05, 0.1) is 6.61 Å². The van der Waals surface area contributed by atoms with E-state index in [1.54, 1.807) is 0 Å². The molecular weight excluding hydrogens is 302 g/mol. The molecule has 1 atom stereocenters. The number of ether oxygens (including phenoxy) is 1. The SMILES string of the molecule is Cl.c1cc2c(cc1-c1nc(C3CCOC3)no1)CCNCC2. The van der Waals surface area contributed by atoms with Gasteiger partial charge in [-0.1, -0.05) is 11.2 Å². The Labute approximate surface area is 135 Å². The zero-order chi connectivity index (χ0) is 14.1. The van der Waals surface area contributed by atoms with Crippen LogP contribution in [-0.4, -0.2) is 36.4 Å². The van der Waals surface area contributed by atoms with Gasteiger partial charge < -0.3 is 14.6 Å². The van der Waals surface area contributed by atoms with E-state index in [1.807, 2.05) is 0 Å². The van der Waals surface area contributed by atoms with Crippen molar-refractivity contribution in [3.8, 4) is 11.5 Å². The summed E-state index contributed by atoms with van der Waals surface area (Å²) in [6, 6.07) is 6.48. The Bertz CT molecular complexity index is 638. The molecule has 118 valence electrons. The zero-order valence-electron chi connectivity index (χ0n) is 12.4. The molecule has 1 N–H and O–H groups in total. The predicted molar refractivity (Wildman–Crippen MR) is 85.4 cm³/mol. The number of hydrogen-bond acceptors (Lipinski definition) is 5. The number of nitrogens with zero attached hydrogens (tertiary/aromatic N) is 2. The van der Waals surface area contributed by atoms with Crippen LogP contribution in [-0.2, 0) is 17.6 Å². The van der Waals surface area contributed by atoms with Gasteiger partial charge in [-0.3, -0.25) is 0 Å². The van der Waals surface area contributed by atoms with Gasteiger partial charge in [0.1, 0.15) is 0 Å². The highest BCUT2D eigenvalue weighted by atomic mass is 35.5. The van der Waals surface area contributed by atoms with Crippen molar-refractivity contribution in [2.75, 3.05) is 26.3 Å². The van der Waals surface area contributed by atoms with E-state index >= 15 is 0 Å². The van der Waals surface area contributed by atoms with Crippen LogP contribution in [0.4, 0.5) is 0 Å². The minimum atomic E-state index is 0. The average Bonchev–Trinajstić information content (AvgIpc) is 3.14. The highest BCUT2D eigenvalue weighted by Gasteiger charge is 2.23. The van der Waals surface area contributed by atoms with Crippen LogP contribution in [0.5, 0.6) is 0 Å². The van der Waals surface area contributed by atoms with E-state index in [0.717, 1.165) is 50.3 Å². The lowest BCUT2D eigenvalue weighted by Crippen LogP contribution is -2.16. The zero-order valence-corrected chi connectivity index (χ0v) is 13.2. The van der Waals surface area contributed by atoms with Gasteiger partial charge in [-0.15, -0.1) is 12.4 Å². The molecule has 6 heteroatoms. The van der Waals surface area contributed by atoms with Crippen molar-refractivity contribution < 1.29 is 9.26 Å². The van der Waals surface area contributed by atoms with E-state index in [1.165, 1.54) is 11.1 Å². The van der Waals surface area contributed by atoms with Gasteiger partial charge in [-0.2, -0.15) is 4.98 Å². The van der Waals surface area contributed by atoms with Crippen molar-refractivity contribution in [3.63, 3.8) is 0 Å². The van der Waals surface area contributed by atoms with E-state index in [4.69, 9.17) is 9.26 Å². The van der Waals surface area contributed by atoms with E-state index < -0.39 is 0 Å². The minimum absolute atomic E-state index is 0. The van der Waals surface area contributed by atoms with Gasteiger partial charge in [-0.05, 0) is 55.6 Å². The largest absolute Gasteiger partial charge is 0.381 e. The van der Waals surface area contributed by atoms with Crippen molar-refractivity contribution in [1.82, 2.24) is 15.5 Å². The predicted octanol–water partition coefficient (Wildman–Crippen LogP) is 2.35. The Hall–Kier alpha value is -1.43. The highest BCUT2D eigenvalue weighted by Crippen LogP contribution is 2.27. The molecule has 1 unspecified atom stereocenters. The Morgan fingerprint density at radius 2 is 2.00 bits per heavy atom. The number of benzene rings is 1. The molecule has 3 heterocycles. The monoisotopic (exact) mass is 321 g/mol. The van der Waals surface area contributed by atoms with Crippen molar-refractivity contribution in [1.29, 1.82) is 0 Å². The summed E-state index contributed by atoms with van der Waals surface area (Å²) >= 11 is 0. The molecule has 1 aromatic carbocycles. The first-order valence-corrected chi connectivity index (χ1v) is 7.64. The lowest BCUT2D eigenvalue weighted by atomic mass is 10.00. The number of rotatable bonds is 2. The summed E-state index contributed by atoms with van der Waals surface area (Å²) in [7, 11) is 0. The van der Waals surface area contributed by atoms with Crippen LogP contribution in [0.1, 0.15) is 29.3 Å². The summed E-state index contributed by atoms with van der Waals surface area (Å²) < 4.78 is 10.8. The lowest BCUT2D eigenvalue weighted by molar-refractivity contribution is 0.192. The maximum Gasteiger partial charge on any atom is 0.257 e. The maximum absolute atomic E-state index is 5.45. The fraction of sp³-hybridized carbons (Fsp3) is 0.500. The molecule has 5 nitrogen and oxygen atoms in total. The van der Waals surface area contributed by atoms with Crippen LogP contribution in [0.2, 0.25) is 0 Å². The molecule has 2 aliphatic rings. The van der Waals surface area contributed by atoms with Gasteiger partial charge in [0, 0.05) is 18.1 Å². The molecule has 2 aliphatic heterocycles. The van der Waals surface area contributed by atoms with Crippen molar-refractivity contribution in [2.24, 2.45) is 0 Å². The Morgan fingerprint density at radius 3 is 2.82 bits per heavy atom. The van der Waals surface area contributed by atoms with Crippen molar-refractivity contribution in [2.45, 2.75) is 25.2 Å². The molecular formula is C16H20ClN3O2. The van der Waals surface area contributed by atoms with E-state index in [-0.39, 0.29) is 18.3 Å². The molecule has 1 aromatic heterocycles. The molecule has 1 saturated heterocycles. The Kier molecular flexibility index (Phi) is 4.76. The van der Waals surface area contributed by atoms with Crippen LogP contribution >= 0.6 is 12.4 Å². The third-order valence-electron chi connectivity index (χ3n) is 4.33. The number of nitrogens with one attached hydrogen (secondary N) is 1. The normalized spacial score (nSPS) is 21.0. The van der Waals surface area contributed by atoms with Crippen LogP contribution in [0.15, 0.2) is 22.7 Å². The molecule has 22 heavy (non-hydrogen) atoms. The number of aromatic nitrogens is 2. The van der Waals surface area contributed by atoms with Crippen LogP contribution < -0.4 is 5.32 Å². The van der Waals surface area contributed by atoms with Gasteiger partial charge >= 0.3 is 0 Å². The molecule has 0 aliphatic carbocycles. The van der Waals surface area contributed by atoms with Crippen LogP contribution in [0.25, 0.3) is 11.5 Å². The number of hydrogen-bond donors (Lipinski definition) is 1. The minimum Gasteiger partial charge on any atom is -0.381 e. The van der Waals surface area contributed by atoms with Gasteiger partial charge in [0.25, 0.3) is 5.89 Å². The van der Waals surface area contributed by atoms with E-state index in [9.17, 15) is 0 Å². The summed E-state index contributed by atoms with van der Waals surface area (Å²) in [6.45, 7) is 3.58. The molecule has 0 bridgehead atoms. The Balaban J connectivity index is 0.00000144. The quantitative estimate of drug-likeness (QED) is 0.920. The second kappa shape index (κ2) is 6.77. The standard InChI is InChI=1S/C16H19N3O2.ClH/c1-2-13(9-12-4-7-17-6-3-11(1)12)16-18-15(19-21-16)14-5-8-20-10-14;/h1-2,9,14,17H,3-8,10H2;1H. The third-order valence-corrected chi connectivity index (χ3v) is 4.33. The fourth-order valence-corrected chi connectivity index (χ4v) is 3.06. The summed E-state index contributed by atoms with van der Waals surface area (Å²) in [5, 5.41) is 7.56. The molecule has 4 rings (SSSR count). The van der Waals surface area contributed by atoms with Crippen molar-refractivity contribution in [3.05, 3.63) is 35.2 Å². The highest BCUT2D eigenvalue weighted by molar-refractivity contribution is 5.85. The molecule has 0 amide bonds. The van der Waals surface area contributed by atoms with Gasteiger partial charge in [0.2, 0.25) is 0 Å². The second-order valence-electron chi connectivity index (χ2n) is 5.75. The molecule has 0 radical (unpaired) electrons. The van der Waals surface area contributed by atoms with Gasteiger partial charge in [-0.25, -0.2) is 0 Å². The van der Waals surface area contributed by atoms with E-state index in [2.05, 4.69) is 33.7 Å². The van der Waals surface area contributed by atoms with Crippen molar-refractivity contribution >= 4 is 12.4 Å². The Morgan fingerprint density at radius 1 is 1.14 bits per heavy atom. The smallest absolute Gasteiger partial charge is 0.257 e. The lowest BCUT2D eigenvalue weighted by Gasteiger charge is -2.05. The average molecular weight is 322 g/mol. The van der Waals surface area contributed by atoms with Gasteiger partial charge in [0.15, 0.2) is 5.82 Å². The maximum atomic E-state index is 5.45. The molecule has 0 saturated carbocycles. The summed E-state index contributed by atoms with van der Waals surface area (Å²) in [5.74, 6) is 1.68. The second-order valence-corrected chi connectivity index (χ2v) is 5.75. The summed E-state index contributed by atoms with van der Waals surface area (Å²) in [6.07, 6.45) is 3.12. The van der Waals surface area contributed by atoms with E-state index in [0.29, 0.717) is 12.5 Å². The number of fused-ring (bicyclic) bond motifs is 1. The summed E-state index contributed by atoms with van der Waals surface area (Å²) in [4.78, 5) is 4.56. The molecule has 2 aromatic rings. The first kappa shape index (κ1) is 15.5. The van der Waals surface area contributed by atoms with Crippen LogP contribution in [0, 0.1) is 0 Å². The number of halogens is 1.